The minimum absolute atomic E-state index is 0.236. The number of ketones is 1. The van der Waals surface area contributed by atoms with Crippen LogP contribution < -0.4 is 0 Å². The average Bonchev–Trinajstić information content (AvgIpc) is 2.21. The van der Waals surface area contributed by atoms with Crippen LogP contribution in [0.5, 0.6) is 0 Å². The molecule has 1 rings (SSSR count). The number of halogens is 2. The fraction of sp³-hybridized carbons (Fsp3) is 0.364. The van der Waals surface area contributed by atoms with E-state index >= 15 is 0 Å². The van der Waals surface area contributed by atoms with Gasteiger partial charge < -0.3 is 0 Å². The van der Waals surface area contributed by atoms with Crippen LogP contribution in [0.15, 0.2) is 18.2 Å². The van der Waals surface area contributed by atoms with Crippen molar-refractivity contribution in [3.8, 4) is 0 Å². The van der Waals surface area contributed by atoms with Gasteiger partial charge in [0.05, 0.1) is 15.3 Å². The Balaban J connectivity index is 2.95. The minimum atomic E-state index is -3.39. The Bertz CT molecular complexity index is 536. The molecular formula is C11H12Cl2O3S. The zero-order valence-electron chi connectivity index (χ0n) is 9.41. The summed E-state index contributed by atoms with van der Waals surface area (Å²) in [4.78, 5) is 11.7. The number of Topliss-reactive ketones (excluding diaryl/α,β-unsaturated/α-hetero) is 1. The zero-order chi connectivity index (χ0) is 13.2. The Morgan fingerprint density at radius 1 is 1.24 bits per heavy atom. The van der Waals surface area contributed by atoms with E-state index in [0.717, 1.165) is 0 Å². The molecular weight excluding hydrogens is 283 g/mol. The second-order valence-electron chi connectivity index (χ2n) is 3.91. The fourth-order valence-electron chi connectivity index (χ4n) is 1.10. The number of carbonyl (C=O) groups is 1. The van der Waals surface area contributed by atoms with Gasteiger partial charge in [0, 0.05) is 5.56 Å². The van der Waals surface area contributed by atoms with E-state index in [4.69, 9.17) is 23.2 Å². The molecule has 1 aromatic carbocycles. The lowest BCUT2D eigenvalue weighted by Crippen LogP contribution is -2.23. The average molecular weight is 295 g/mol. The van der Waals surface area contributed by atoms with Crippen molar-refractivity contribution in [1.82, 2.24) is 0 Å². The van der Waals surface area contributed by atoms with E-state index in [-0.39, 0.29) is 10.6 Å². The van der Waals surface area contributed by atoms with Gasteiger partial charge in [0.2, 0.25) is 0 Å². The summed E-state index contributed by atoms with van der Waals surface area (Å²) in [7, 11) is -3.39. The Hall–Kier alpha value is -0.580. The third-order valence-electron chi connectivity index (χ3n) is 2.29. The number of hydrogen-bond acceptors (Lipinski definition) is 3. The Morgan fingerprint density at radius 2 is 1.82 bits per heavy atom. The SMILES string of the molecule is CC(C)S(=O)(=O)CC(=O)c1ccc(Cl)c(Cl)c1. The molecule has 0 heterocycles. The Labute approximate surface area is 111 Å². The van der Waals surface area contributed by atoms with Crippen molar-refractivity contribution in [3.05, 3.63) is 33.8 Å². The molecule has 0 amide bonds. The van der Waals surface area contributed by atoms with Gasteiger partial charge in [0.15, 0.2) is 15.6 Å². The van der Waals surface area contributed by atoms with Crippen LogP contribution in [-0.4, -0.2) is 25.2 Å². The topological polar surface area (TPSA) is 51.2 Å². The molecule has 0 fully saturated rings. The molecule has 0 N–H and O–H groups in total. The fourth-order valence-corrected chi connectivity index (χ4v) is 2.27. The van der Waals surface area contributed by atoms with Gasteiger partial charge in [0.25, 0.3) is 0 Å². The first-order valence-corrected chi connectivity index (χ1v) is 7.41. The summed E-state index contributed by atoms with van der Waals surface area (Å²) in [6, 6.07) is 4.31. The van der Waals surface area contributed by atoms with Crippen LogP contribution in [0.2, 0.25) is 10.0 Å². The Kier molecular flexibility index (Phi) is 4.58. The third kappa shape index (κ3) is 3.69. The highest BCUT2D eigenvalue weighted by Gasteiger charge is 2.21. The summed E-state index contributed by atoms with van der Waals surface area (Å²) in [5.41, 5.74) is 0.253. The molecule has 1 aromatic rings. The van der Waals surface area contributed by atoms with Gasteiger partial charge >= 0.3 is 0 Å². The molecule has 0 saturated heterocycles. The first kappa shape index (κ1) is 14.5. The van der Waals surface area contributed by atoms with E-state index in [1.54, 1.807) is 0 Å². The largest absolute Gasteiger partial charge is 0.293 e. The van der Waals surface area contributed by atoms with Crippen molar-refractivity contribution in [2.75, 3.05) is 5.75 Å². The normalized spacial score (nSPS) is 11.8. The number of sulfone groups is 1. The standard InChI is InChI=1S/C11H12Cl2O3S/c1-7(2)17(15,16)6-11(14)8-3-4-9(12)10(13)5-8/h3-5,7H,6H2,1-2H3. The maximum Gasteiger partial charge on any atom is 0.177 e. The lowest BCUT2D eigenvalue weighted by atomic mass is 10.1. The molecule has 0 unspecified atom stereocenters. The molecule has 3 nitrogen and oxygen atoms in total. The first-order valence-electron chi connectivity index (χ1n) is 4.94. The van der Waals surface area contributed by atoms with Crippen LogP contribution >= 0.6 is 23.2 Å². The Morgan fingerprint density at radius 3 is 2.29 bits per heavy atom. The van der Waals surface area contributed by atoms with Gasteiger partial charge in [-0.25, -0.2) is 8.42 Å². The van der Waals surface area contributed by atoms with Crippen LogP contribution in [0, 0.1) is 0 Å². The molecule has 0 spiro atoms. The maximum absolute atomic E-state index is 11.7. The monoisotopic (exact) mass is 294 g/mol. The summed E-state index contributed by atoms with van der Waals surface area (Å²) in [5, 5.41) is -0.0105. The number of rotatable bonds is 4. The molecule has 6 heteroatoms. The zero-order valence-corrected chi connectivity index (χ0v) is 11.7. The molecule has 0 aromatic heterocycles. The molecule has 0 aliphatic rings. The summed E-state index contributed by atoms with van der Waals surface area (Å²) in [6.07, 6.45) is 0. The lowest BCUT2D eigenvalue weighted by Gasteiger charge is -2.07. The van der Waals surface area contributed by atoms with Gasteiger partial charge in [-0.15, -0.1) is 0 Å². The minimum Gasteiger partial charge on any atom is -0.293 e. The highest BCUT2D eigenvalue weighted by molar-refractivity contribution is 7.92. The van der Waals surface area contributed by atoms with Crippen molar-refractivity contribution in [1.29, 1.82) is 0 Å². The highest BCUT2D eigenvalue weighted by atomic mass is 35.5. The summed E-state index contributed by atoms with van der Waals surface area (Å²) < 4.78 is 23.2. The van der Waals surface area contributed by atoms with Crippen molar-refractivity contribution >= 4 is 38.8 Å². The van der Waals surface area contributed by atoms with E-state index in [0.29, 0.717) is 5.02 Å². The summed E-state index contributed by atoms with van der Waals surface area (Å²) in [6.45, 7) is 3.08. The van der Waals surface area contributed by atoms with Gasteiger partial charge in [-0.3, -0.25) is 4.79 Å². The second-order valence-corrected chi connectivity index (χ2v) is 7.28. The first-order chi connectivity index (χ1) is 7.74. The quantitative estimate of drug-likeness (QED) is 0.802. The molecule has 17 heavy (non-hydrogen) atoms. The second kappa shape index (κ2) is 5.38. The van der Waals surface area contributed by atoms with Crippen molar-refractivity contribution < 1.29 is 13.2 Å². The van der Waals surface area contributed by atoms with Crippen LogP contribution in [0.4, 0.5) is 0 Å². The molecule has 0 atom stereocenters. The van der Waals surface area contributed by atoms with Crippen molar-refractivity contribution in [2.45, 2.75) is 19.1 Å². The van der Waals surface area contributed by atoms with Gasteiger partial charge in [-0.05, 0) is 32.0 Å². The number of benzene rings is 1. The number of hydrogen-bond donors (Lipinski definition) is 0. The number of carbonyl (C=O) groups excluding carboxylic acids is 1. The van der Waals surface area contributed by atoms with E-state index in [1.165, 1.54) is 32.0 Å². The summed E-state index contributed by atoms with van der Waals surface area (Å²) in [5.74, 6) is -0.986. The van der Waals surface area contributed by atoms with Crippen LogP contribution in [-0.2, 0) is 9.84 Å². The smallest absolute Gasteiger partial charge is 0.177 e. The summed E-state index contributed by atoms with van der Waals surface area (Å²) >= 11 is 11.5. The van der Waals surface area contributed by atoms with Crippen molar-refractivity contribution in [3.63, 3.8) is 0 Å². The highest BCUT2D eigenvalue weighted by Crippen LogP contribution is 2.23. The van der Waals surface area contributed by atoms with E-state index in [9.17, 15) is 13.2 Å². The maximum atomic E-state index is 11.7. The van der Waals surface area contributed by atoms with Gasteiger partial charge in [0.1, 0.15) is 5.75 Å². The van der Waals surface area contributed by atoms with E-state index in [1.807, 2.05) is 0 Å². The predicted octanol–water partition coefficient (Wildman–Crippen LogP) is 3.00. The van der Waals surface area contributed by atoms with E-state index in [2.05, 4.69) is 0 Å². The predicted molar refractivity (Wildman–Crippen MR) is 69.7 cm³/mol. The molecule has 0 radical (unpaired) electrons. The third-order valence-corrected chi connectivity index (χ3v) is 5.13. The van der Waals surface area contributed by atoms with Gasteiger partial charge in [-0.1, -0.05) is 23.2 Å². The van der Waals surface area contributed by atoms with Crippen LogP contribution in [0.25, 0.3) is 0 Å². The molecule has 0 saturated carbocycles. The molecule has 94 valence electrons. The van der Waals surface area contributed by atoms with Gasteiger partial charge in [-0.2, -0.15) is 0 Å². The molecule has 0 aliphatic carbocycles. The molecule has 0 bridgehead atoms. The van der Waals surface area contributed by atoms with Crippen molar-refractivity contribution in [2.24, 2.45) is 0 Å². The van der Waals surface area contributed by atoms with Crippen LogP contribution in [0.3, 0.4) is 0 Å². The lowest BCUT2D eigenvalue weighted by molar-refractivity contribution is 0.102. The van der Waals surface area contributed by atoms with E-state index < -0.39 is 26.6 Å². The molecule has 0 aliphatic heterocycles. The van der Waals surface area contributed by atoms with Crippen LogP contribution in [0.1, 0.15) is 24.2 Å².